The maximum atomic E-state index is 12.2. The Hall–Kier alpha value is -1.90. The second kappa shape index (κ2) is 12.1. The van der Waals surface area contributed by atoms with Gasteiger partial charge in [-0.15, -0.1) is 0 Å². The molecule has 0 bridgehead atoms. The summed E-state index contributed by atoms with van der Waals surface area (Å²) in [5.41, 5.74) is 1.57. The molecule has 208 valence electrons. The first-order valence-corrected chi connectivity index (χ1v) is 16.0. The van der Waals surface area contributed by atoms with Gasteiger partial charge in [-0.3, -0.25) is 9.59 Å². The molecule has 0 aromatic heterocycles. The van der Waals surface area contributed by atoms with Crippen molar-refractivity contribution in [3.05, 3.63) is 48.0 Å². The molecule has 1 heterocycles. The van der Waals surface area contributed by atoms with Gasteiger partial charge in [0.15, 0.2) is 5.78 Å². The largest absolute Gasteiger partial charge is 0.349 e. The minimum Gasteiger partial charge on any atom is -0.349 e. The quantitative estimate of drug-likeness (QED) is 0.223. The first-order chi connectivity index (χ1) is 18.4. The molecule has 0 saturated heterocycles. The van der Waals surface area contributed by atoms with Gasteiger partial charge in [0, 0.05) is 23.4 Å². The van der Waals surface area contributed by atoms with E-state index in [2.05, 4.69) is 25.2 Å². The number of amides is 1. The Balaban J connectivity index is 0.978. The lowest BCUT2D eigenvalue weighted by Crippen LogP contribution is -2.59. The van der Waals surface area contributed by atoms with Crippen molar-refractivity contribution in [3.63, 3.8) is 0 Å². The molecule has 2 unspecified atom stereocenters. The monoisotopic (exact) mass is 517 g/mol. The number of fused-ring (bicyclic) bond motifs is 5. The maximum Gasteiger partial charge on any atom is 0.243 e. The Morgan fingerprint density at radius 2 is 1.55 bits per heavy atom. The first kappa shape index (κ1) is 27.7. The molecular formula is C35H51NO2. The zero-order chi connectivity index (χ0) is 26.6. The van der Waals surface area contributed by atoms with E-state index in [0.29, 0.717) is 23.7 Å². The number of rotatable bonds is 12. The number of carbonyl (C=O) groups is 2. The third kappa shape index (κ3) is 5.68. The van der Waals surface area contributed by atoms with Crippen LogP contribution in [0.4, 0.5) is 0 Å². The Labute approximate surface area is 231 Å². The van der Waals surface area contributed by atoms with E-state index in [1.165, 1.54) is 83.5 Å². The fraction of sp³-hybridized carbons (Fsp3) is 0.714. The Bertz CT molecular complexity index is 985. The summed E-state index contributed by atoms with van der Waals surface area (Å²) in [5.74, 6) is 3.81. The minimum absolute atomic E-state index is 0.114. The predicted octanol–water partition coefficient (Wildman–Crippen LogP) is 8.68. The van der Waals surface area contributed by atoms with E-state index >= 15 is 0 Å². The number of benzene rings is 1. The zero-order valence-corrected chi connectivity index (χ0v) is 24.1. The molecule has 1 N–H and O–H groups in total. The molecule has 4 aliphatic rings. The highest BCUT2D eigenvalue weighted by atomic mass is 16.1. The summed E-state index contributed by atoms with van der Waals surface area (Å²) in [6, 6.07) is 10.1. The highest BCUT2D eigenvalue weighted by Gasteiger charge is 2.59. The summed E-state index contributed by atoms with van der Waals surface area (Å²) in [7, 11) is 0. The van der Waals surface area contributed by atoms with Crippen LogP contribution in [0.15, 0.2) is 42.5 Å². The van der Waals surface area contributed by atoms with Gasteiger partial charge in [-0.2, -0.15) is 0 Å². The van der Waals surface area contributed by atoms with E-state index in [9.17, 15) is 9.59 Å². The molecule has 1 aliphatic heterocycles. The predicted molar refractivity (Wildman–Crippen MR) is 156 cm³/mol. The van der Waals surface area contributed by atoms with Crippen LogP contribution in [0.25, 0.3) is 0 Å². The fourth-order valence-electron chi connectivity index (χ4n) is 9.42. The van der Waals surface area contributed by atoms with Crippen LogP contribution in [0, 0.1) is 34.5 Å². The summed E-state index contributed by atoms with van der Waals surface area (Å²) in [4.78, 5) is 24.2. The summed E-state index contributed by atoms with van der Waals surface area (Å²) < 4.78 is 0. The van der Waals surface area contributed by atoms with Crippen LogP contribution in [0.1, 0.15) is 127 Å². The highest BCUT2D eigenvalue weighted by molar-refractivity contribution is 5.95. The third-order valence-corrected chi connectivity index (χ3v) is 11.7. The first-order valence-electron chi connectivity index (χ1n) is 16.0. The molecule has 5 rings (SSSR count). The van der Waals surface area contributed by atoms with Crippen molar-refractivity contribution in [2.45, 2.75) is 123 Å². The van der Waals surface area contributed by atoms with Crippen LogP contribution >= 0.6 is 0 Å². The lowest BCUT2D eigenvalue weighted by Gasteiger charge is -2.59. The van der Waals surface area contributed by atoms with Gasteiger partial charge in [0.1, 0.15) is 0 Å². The number of hydrogen-bond donors (Lipinski definition) is 1. The molecule has 38 heavy (non-hydrogen) atoms. The normalized spacial score (nSPS) is 35.7. The SMILES string of the molecule is C[C@]12C=CC(=O)NC1CC[C@@H]1[C@H]2CC[C@]2(C)C(CCCCCCCCCCC(=O)c3ccccc3)CC[C@@H]12. The van der Waals surface area contributed by atoms with E-state index in [1.807, 2.05) is 36.4 Å². The average Bonchev–Trinajstić information content (AvgIpc) is 3.26. The Kier molecular flexibility index (Phi) is 8.80. The second-order valence-corrected chi connectivity index (χ2v) is 13.7. The summed E-state index contributed by atoms with van der Waals surface area (Å²) in [6.45, 7) is 5.09. The van der Waals surface area contributed by atoms with Gasteiger partial charge in [-0.1, -0.05) is 95.2 Å². The van der Waals surface area contributed by atoms with Crippen molar-refractivity contribution in [1.29, 1.82) is 0 Å². The molecule has 0 radical (unpaired) electrons. The van der Waals surface area contributed by atoms with Gasteiger partial charge >= 0.3 is 0 Å². The molecule has 0 spiro atoms. The lowest BCUT2D eigenvalue weighted by molar-refractivity contribution is -0.122. The fourth-order valence-corrected chi connectivity index (χ4v) is 9.42. The van der Waals surface area contributed by atoms with Gasteiger partial charge in [0.2, 0.25) is 5.91 Å². The number of ketones is 1. The van der Waals surface area contributed by atoms with Crippen molar-refractivity contribution in [2.75, 3.05) is 0 Å². The van der Waals surface area contributed by atoms with Crippen LogP contribution in [0.5, 0.6) is 0 Å². The number of hydrogen-bond acceptors (Lipinski definition) is 2. The third-order valence-electron chi connectivity index (χ3n) is 11.7. The Morgan fingerprint density at radius 1 is 0.842 bits per heavy atom. The van der Waals surface area contributed by atoms with Crippen molar-refractivity contribution in [2.24, 2.45) is 34.5 Å². The average molecular weight is 518 g/mol. The van der Waals surface area contributed by atoms with Crippen molar-refractivity contribution >= 4 is 11.7 Å². The summed E-state index contributed by atoms with van der Waals surface area (Å²) >= 11 is 0. The molecule has 3 saturated carbocycles. The van der Waals surface area contributed by atoms with Gasteiger partial charge < -0.3 is 5.32 Å². The van der Waals surface area contributed by atoms with E-state index in [-0.39, 0.29) is 11.3 Å². The van der Waals surface area contributed by atoms with E-state index in [0.717, 1.165) is 42.1 Å². The highest BCUT2D eigenvalue weighted by Crippen LogP contribution is 2.65. The zero-order valence-electron chi connectivity index (χ0n) is 24.1. The van der Waals surface area contributed by atoms with Gasteiger partial charge in [-0.05, 0) is 86.5 Å². The topological polar surface area (TPSA) is 46.2 Å². The molecule has 3 aliphatic carbocycles. The van der Waals surface area contributed by atoms with Crippen molar-refractivity contribution in [3.8, 4) is 0 Å². The van der Waals surface area contributed by atoms with E-state index < -0.39 is 0 Å². The number of nitrogens with one attached hydrogen (secondary N) is 1. The standard InChI is InChI=1S/C35H51NO2/c1-34-24-22-30-28(19-21-32-35(30,2)25-23-33(38)36-32)29(34)20-18-27(34)16-12-7-5-3-4-6-8-13-17-31(37)26-14-10-9-11-15-26/h9-11,14-15,23,25,27-30,32H,3-8,12-13,16-22,24H2,1-2H3,(H,36,38)/t27?,28-,29-,30+,32?,34+,35+/m0/s1. The van der Waals surface area contributed by atoms with Crippen LogP contribution in [0.2, 0.25) is 0 Å². The number of Topliss-reactive ketones (excluding diaryl/α,β-unsaturated/α-hetero) is 1. The van der Waals surface area contributed by atoms with Crippen LogP contribution < -0.4 is 5.32 Å². The van der Waals surface area contributed by atoms with Crippen molar-refractivity contribution < 1.29 is 9.59 Å². The van der Waals surface area contributed by atoms with Gasteiger partial charge in [0.05, 0.1) is 0 Å². The van der Waals surface area contributed by atoms with Crippen LogP contribution in [0.3, 0.4) is 0 Å². The molecule has 3 nitrogen and oxygen atoms in total. The molecular weight excluding hydrogens is 466 g/mol. The van der Waals surface area contributed by atoms with Gasteiger partial charge in [-0.25, -0.2) is 0 Å². The molecule has 7 atom stereocenters. The van der Waals surface area contributed by atoms with E-state index in [4.69, 9.17) is 0 Å². The smallest absolute Gasteiger partial charge is 0.243 e. The van der Waals surface area contributed by atoms with Crippen molar-refractivity contribution in [1.82, 2.24) is 5.32 Å². The molecule has 3 fully saturated rings. The molecule has 1 aromatic rings. The molecule has 3 heteroatoms. The maximum absolute atomic E-state index is 12.2. The molecule has 1 aromatic carbocycles. The van der Waals surface area contributed by atoms with Gasteiger partial charge in [0.25, 0.3) is 0 Å². The lowest BCUT2D eigenvalue weighted by atomic mass is 9.48. The number of unbranched alkanes of at least 4 members (excludes halogenated alkanes) is 7. The molecule has 1 amide bonds. The summed E-state index contributed by atoms with van der Waals surface area (Å²) in [6.07, 6.45) is 24.6. The summed E-state index contributed by atoms with van der Waals surface area (Å²) in [5, 5.41) is 3.30. The van der Waals surface area contributed by atoms with Crippen LogP contribution in [-0.2, 0) is 4.79 Å². The number of carbonyl (C=O) groups excluding carboxylic acids is 2. The second-order valence-electron chi connectivity index (χ2n) is 13.7. The van der Waals surface area contributed by atoms with Crippen LogP contribution in [-0.4, -0.2) is 17.7 Å². The Morgan fingerprint density at radius 3 is 2.32 bits per heavy atom. The minimum atomic E-state index is 0.114. The van der Waals surface area contributed by atoms with E-state index in [1.54, 1.807) is 0 Å².